The molecule has 6 heteroatoms. The van der Waals surface area contributed by atoms with Crippen molar-refractivity contribution in [3.8, 4) is 0 Å². The quantitative estimate of drug-likeness (QED) is 0.832. The van der Waals surface area contributed by atoms with Gasteiger partial charge in [0.1, 0.15) is 6.10 Å². The first-order valence-corrected chi connectivity index (χ1v) is 7.56. The van der Waals surface area contributed by atoms with E-state index in [0.717, 1.165) is 0 Å². The van der Waals surface area contributed by atoms with Gasteiger partial charge in [0.25, 0.3) is 0 Å². The molecule has 1 saturated heterocycles. The third kappa shape index (κ3) is 3.71. The summed E-state index contributed by atoms with van der Waals surface area (Å²) in [5.74, 6) is -1.63. The SMILES string of the molecule is CC1(C)CC(OC(=O)c2cccc(C(=O)O)c2)CC(C)(C)N1O. The van der Waals surface area contributed by atoms with Gasteiger partial charge in [0, 0.05) is 23.9 Å². The molecule has 2 rings (SSSR count). The Morgan fingerprint density at radius 2 is 1.65 bits per heavy atom. The van der Waals surface area contributed by atoms with E-state index in [9.17, 15) is 14.8 Å². The number of hydrogen-bond acceptors (Lipinski definition) is 5. The number of piperidine rings is 1. The fourth-order valence-electron chi connectivity index (χ4n) is 3.26. The van der Waals surface area contributed by atoms with E-state index in [2.05, 4.69) is 0 Å². The second-order valence-electron chi connectivity index (χ2n) is 7.26. The van der Waals surface area contributed by atoms with Crippen LogP contribution in [0.15, 0.2) is 24.3 Å². The summed E-state index contributed by atoms with van der Waals surface area (Å²) in [5.41, 5.74) is -0.775. The lowest BCUT2D eigenvalue weighted by atomic mass is 9.80. The molecule has 126 valence electrons. The third-order valence-corrected chi connectivity index (χ3v) is 4.22. The highest BCUT2D eigenvalue weighted by atomic mass is 16.5. The molecule has 1 aromatic carbocycles. The van der Waals surface area contributed by atoms with Gasteiger partial charge in [-0.25, -0.2) is 9.59 Å². The van der Waals surface area contributed by atoms with Gasteiger partial charge in [0.05, 0.1) is 11.1 Å². The summed E-state index contributed by atoms with van der Waals surface area (Å²) in [7, 11) is 0. The van der Waals surface area contributed by atoms with Crippen LogP contribution in [0.1, 0.15) is 61.3 Å². The molecule has 1 aliphatic rings. The van der Waals surface area contributed by atoms with Crippen LogP contribution >= 0.6 is 0 Å². The predicted octanol–water partition coefficient (Wildman–Crippen LogP) is 2.95. The normalized spacial score (nSPS) is 20.9. The van der Waals surface area contributed by atoms with Gasteiger partial charge >= 0.3 is 11.9 Å². The number of ether oxygens (including phenoxy) is 1. The number of esters is 1. The Bertz CT molecular complexity index is 605. The molecule has 2 N–H and O–H groups in total. The van der Waals surface area contributed by atoms with Crippen LogP contribution in [0, 0.1) is 0 Å². The third-order valence-electron chi connectivity index (χ3n) is 4.22. The van der Waals surface area contributed by atoms with Crippen LogP contribution in [0.2, 0.25) is 0 Å². The van der Waals surface area contributed by atoms with Crippen molar-refractivity contribution in [2.45, 2.75) is 57.7 Å². The standard InChI is InChI=1S/C17H23NO5/c1-16(2)9-13(10-17(3,4)18(16)22)23-15(21)12-7-5-6-11(8-12)14(19)20/h5-8,13,22H,9-10H2,1-4H3,(H,19,20). The first-order valence-electron chi connectivity index (χ1n) is 7.56. The zero-order valence-corrected chi connectivity index (χ0v) is 13.9. The lowest BCUT2D eigenvalue weighted by Crippen LogP contribution is -2.60. The van der Waals surface area contributed by atoms with Crippen molar-refractivity contribution < 1.29 is 24.6 Å². The maximum absolute atomic E-state index is 12.3. The zero-order valence-electron chi connectivity index (χ0n) is 13.9. The fourth-order valence-corrected chi connectivity index (χ4v) is 3.26. The Morgan fingerprint density at radius 3 is 2.17 bits per heavy atom. The van der Waals surface area contributed by atoms with Gasteiger partial charge in [0.15, 0.2) is 0 Å². The molecule has 23 heavy (non-hydrogen) atoms. The lowest BCUT2D eigenvalue weighted by molar-refractivity contribution is -0.256. The number of hydrogen-bond donors (Lipinski definition) is 2. The number of benzene rings is 1. The Balaban J connectivity index is 2.14. The Labute approximate surface area is 135 Å². The molecule has 0 amide bonds. The summed E-state index contributed by atoms with van der Waals surface area (Å²) in [6.07, 6.45) is 0.651. The molecule has 1 aliphatic heterocycles. The summed E-state index contributed by atoms with van der Waals surface area (Å²) >= 11 is 0. The molecule has 0 unspecified atom stereocenters. The van der Waals surface area contributed by atoms with E-state index in [1.807, 2.05) is 27.7 Å². The van der Waals surface area contributed by atoms with Crippen LogP contribution in [0.4, 0.5) is 0 Å². The van der Waals surface area contributed by atoms with E-state index in [1.165, 1.54) is 29.3 Å². The Morgan fingerprint density at radius 1 is 1.13 bits per heavy atom. The molecular weight excluding hydrogens is 298 g/mol. The Hall–Kier alpha value is -1.92. The predicted molar refractivity (Wildman–Crippen MR) is 83.6 cm³/mol. The van der Waals surface area contributed by atoms with Crippen molar-refractivity contribution in [1.82, 2.24) is 5.06 Å². The second kappa shape index (κ2) is 5.94. The number of carboxylic acids is 1. The molecule has 1 fully saturated rings. The molecule has 0 atom stereocenters. The van der Waals surface area contributed by atoms with E-state index in [0.29, 0.717) is 12.8 Å². The molecule has 0 saturated carbocycles. The molecule has 0 aliphatic carbocycles. The summed E-state index contributed by atoms with van der Waals surface area (Å²) in [4.78, 5) is 23.3. The lowest BCUT2D eigenvalue weighted by Gasteiger charge is -2.50. The van der Waals surface area contributed by atoms with Crippen molar-refractivity contribution in [3.05, 3.63) is 35.4 Å². The summed E-state index contributed by atoms with van der Waals surface area (Å²) in [6.45, 7) is 7.55. The number of nitrogens with zero attached hydrogens (tertiary/aromatic N) is 1. The van der Waals surface area contributed by atoms with Crippen LogP contribution in [0.25, 0.3) is 0 Å². The molecular formula is C17H23NO5. The van der Waals surface area contributed by atoms with Gasteiger partial charge in [-0.15, -0.1) is 0 Å². The summed E-state index contributed by atoms with van der Waals surface area (Å²) in [6, 6.07) is 5.79. The highest BCUT2D eigenvalue weighted by Gasteiger charge is 2.46. The van der Waals surface area contributed by atoms with Crippen LogP contribution in [-0.4, -0.2) is 44.5 Å². The number of carbonyl (C=O) groups excluding carboxylic acids is 1. The average Bonchev–Trinajstić information content (AvgIpc) is 2.44. The first-order chi connectivity index (χ1) is 10.5. The number of carbonyl (C=O) groups is 2. The zero-order chi connectivity index (χ0) is 17.4. The van der Waals surface area contributed by atoms with E-state index < -0.39 is 23.0 Å². The van der Waals surface area contributed by atoms with Crippen LogP contribution in [0.3, 0.4) is 0 Å². The minimum Gasteiger partial charge on any atom is -0.478 e. The van der Waals surface area contributed by atoms with Gasteiger partial charge in [-0.3, -0.25) is 0 Å². The van der Waals surface area contributed by atoms with Crippen LogP contribution < -0.4 is 0 Å². The van der Waals surface area contributed by atoms with E-state index in [1.54, 1.807) is 0 Å². The van der Waals surface area contributed by atoms with E-state index in [4.69, 9.17) is 9.84 Å². The van der Waals surface area contributed by atoms with Crippen molar-refractivity contribution in [3.63, 3.8) is 0 Å². The molecule has 1 heterocycles. The molecule has 6 nitrogen and oxygen atoms in total. The molecule has 0 spiro atoms. The van der Waals surface area contributed by atoms with Gasteiger partial charge in [-0.1, -0.05) is 6.07 Å². The van der Waals surface area contributed by atoms with Crippen molar-refractivity contribution in [2.24, 2.45) is 0 Å². The minimum atomic E-state index is -1.09. The largest absolute Gasteiger partial charge is 0.478 e. The number of aromatic carboxylic acids is 1. The maximum atomic E-state index is 12.3. The molecule has 0 radical (unpaired) electrons. The van der Waals surface area contributed by atoms with E-state index in [-0.39, 0.29) is 17.2 Å². The van der Waals surface area contributed by atoms with Crippen molar-refractivity contribution in [2.75, 3.05) is 0 Å². The first kappa shape index (κ1) is 17.4. The van der Waals surface area contributed by atoms with Gasteiger partial charge < -0.3 is 15.1 Å². The Kier molecular flexibility index (Phi) is 4.50. The number of rotatable bonds is 3. The number of hydroxylamine groups is 2. The highest BCUT2D eigenvalue weighted by Crippen LogP contribution is 2.38. The van der Waals surface area contributed by atoms with E-state index >= 15 is 0 Å². The molecule has 0 aromatic heterocycles. The fraction of sp³-hybridized carbons (Fsp3) is 0.529. The topological polar surface area (TPSA) is 87.1 Å². The van der Waals surface area contributed by atoms with Crippen molar-refractivity contribution in [1.29, 1.82) is 0 Å². The summed E-state index contributed by atoms with van der Waals surface area (Å²) in [5, 5.41) is 20.6. The van der Waals surface area contributed by atoms with Gasteiger partial charge in [-0.2, -0.15) is 5.06 Å². The van der Waals surface area contributed by atoms with Gasteiger partial charge in [0.2, 0.25) is 0 Å². The molecule has 0 bridgehead atoms. The number of carboxylic acid groups (broad SMARTS) is 1. The summed E-state index contributed by atoms with van der Waals surface area (Å²) < 4.78 is 5.56. The van der Waals surface area contributed by atoms with Crippen molar-refractivity contribution >= 4 is 11.9 Å². The van der Waals surface area contributed by atoms with Crippen LogP contribution in [-0.2, 0) is 4.74 Å². The highest BCUT2D eigenvalue weighted by molar-refractivity contribution is 5.94. The minimum absolute atomic E-state index is 0.0466. The smallest absolute Gasteiger partial charge is 0.338 e. The monoisotopic (exact) mass is 321 g/mol. The molecule has 1 aromatic rings. The van der Waals surface area contributed by atoms with Crippen LogP contribution in [0.5, 0.6) is 0 Å². The average molecular weight is 321 g/mol. The van der Waals surface area contributed by atoms with Gasteiger partial charge in [-0.05, 0) is 45.9 Å². The second-order valence-corrected chi connectivity index (χ2v) is 7.26. The maximum Gasteiger partial charge on any atom is 0.338 e.